The van der Waals surface area contributed by atoms with E-state index in [4.69, 9.17) is 9.72 Å². The van der Waals surface area contributed by atoms with Gasteiger partial charge in [0.05, 0.1) is 35.0 Å². The van der Waals surface area contributed by atoms with Gasteiger partial charge in [-0.1, -0.05) is 54.2 Å². The number of rotatable bonds is 5. The van der Waals surface area contributed by atoms with Crippen LogP contribution in [0.2, 0.25) is 0 Å². The molecule has 176 valence electrons. The van der Waals surface area contributed by atoms with Gasteiger partial charge in [0.25, 0.3) is 5.56 Å². The van der Waals surface area contributed by atoms with Crippen molar-refractivity contribution in [2.24, 2.45) is 0 Å². The van der Waals surface area contributed by atoms with Crippen LogP contribution in [0.3, 0.4) is 0 Å². The summed E-state index contributed by atoms with van der Waals surface area (Å²) < 4.78 is 6.32. The Kier molecular flexibility index (Phi) is 6.37. The number of ether oxygens (including phenoxy) is 1. The minimum Gasteiger partial charge on any atom is -0.465 e. The summed E-state index contributed by atoms with van der Waals surface area (Å²) in [5, 5.41) is 0.770. The molecule has 1 aromatic heterocycles. The van der Waals surface area contributed by atoms with Crippen LogP contribution in [0.5, 0.6) is 0 Å². The fraction of sp³-hybridized carbons (Fsp3) is 0.185. The van der Waals surface area contributed by atoms with Gasteiger partial charge in [-0.2, -0.15) is 0 Å². The van der Waals surface area contributed by atoms with Crippen LogP contribution >= 0.6 is 11.8 Å². The number of carbonyl (C=O) groups excluding carboxylic acids is 2. The smallest absolute Gasteiger partial charge is 0.337 e. The summed E-state index contributed by atoms with van der Waals surface area (Å²) in [7, 11) is 1.30. The molecule has 0 N–H and O–H groups in total. The third-order valence-corrected chi connectivity index (χ3v) is 7.01. The summed E-state index contributed by atoms with van der Waals surface area (Å²) in [5.41, 5.74) is 3.53. The number of benzene rings is 3. The fourth-order valence-electron chi connectivity index (χ4n) is 4.24. The van der Waals surface area contributed by atoms with E-state index < -0.39 is 5.97 Å². The maximum absolute atomic E-state index is 13.5. The molecule has 0 radical (unpaired) electrons. The molecule has 1 amide bonds. The van der Waals surface area contributed by atoms with Crippen molar-refractivity contribution >= 4 is 34.5 Å². The molecule has 1 aliphatic rings. The van der Waals surface area contributed by atoms with Crippen molar-refractivity contribution in [1.29, 1.82) is 0 Å². The summed E-state index contributed by atoms with van der Waals surface area (Å²) in [6.07, 6.45) is 0.825. The van der Waals surface area contributed by atoms with E-state index in [-0.39, 0.29) is 17.2 Å². The molecule has 0 spiro atoms. The third-order valence-electron chi connectivity index (χ3n) is 6.08. The first-order valence-corrected chi connectivity index (χ1v) is 12.2. The Hall–Kier alpha value is -3.91. The minimum atomic E-state index is -0.504. The van der Waals surface area contributed by atoms with Gasteiger partial charge < -0.3 is 9.64 Å². The number of hydrogen-bond acceptors (Lipinski definition) is 6. The molecule has 0 fully saturated rings. The van der Waals surface area contributed by atoms with Crippen LogP contribution < -0.4 is 5.56 Å². The summed E-state index contributed by atoms with van der Waals surface area (Å²) >= 11 is 1.22. The lowest BCUT2D eigenvalue weighted by molar-refractivity contribution is -0.129. The van der Waals surface area contributed by atoms with Gasteiger partial charge in [-0.15, -0.1) is 0 Å². The highest BCUT2D eigenvalue weighted by Crippen LogP contribution is 2.24. The molecule has 0 aliphatic carbocycles. The fourth-order valence-corrected chi connectivity index (χ4v) is 5.15. The molecular formula is C27H23N3O4S. The van der Waals surface area contributed by atoms with Gasteiger partial charge in [0.2, 0.25) is 5.91 Å². The van der Waals surface area contributed by atoms with E-state index in [1.807, 2.05) is 47.4 Å². The second kappa shape index (κ2) is 9.76. The van der Waals surface area contributed by atoms with Crippen LogP contribution in [0.4, 0.5) is 0 Å². The summed E-state index contributed by atoms with van der Waals surface area (Å²) in [6, 6.07) is 22.1. The van der Waals surface area contributed by atoms with E-state index in [9.17, 15) is 14.4 Å². The van der Waals surface area contributed by atoms with Crippen LogP contribution in [0.1, 0.15) is 21.5 Å². The Balaban J connectivity index is 1.48. The molecule has 0 atom stereocenters. The predicted octanol–water partition coefficient (Wildman–Crippen LogP) is 3.85. The van der Waals surface area contributed by atoms with Crippen LogP contribution in [-0.4, -0.2) is 45.7 Å². The zero-order chi connectivity index (χ0) is 24.4. The largest absolute Gasteiger partial charge is 0.465 e. The van der Waals surface area contributed by atoms with Crippen molar-refractivity contribution < 1.29 is 14.3 Å². The molecule has 0 unspecified atom stereocenters. The first kappa shape index (κ1) is 22.9. The van der Waals surface area contributed by atoms with Crippen LogP contribution in [0.25, 0.3) is 16.6 Å². The second-order valence-electron chi connectivity index (χ2n) is 8.22. The van der Waals surface area contributed by atoms with Crippen LogP contribution in [0, 0.1) is 0 Å². The maximum Gasteiger partial charge on any atom is 0.337 e. The average Bonchev–Trinajstić information content (AvgIpc) is 2.91. The van der Waals surface area contributed by atoms with E-state index in [0.29, 0.717) is 40.4 Å². The average molecular weight is 486 g/mol. The Bertz CT molecular complexity index is 1480. The number of carbonyl (C=O) groups is 2. The number of nitrogens with zero attached hydrogens (tertiary/aromatic N) is 3. The number of esters is 1. The first-order valence-electron chi connectivity index (χ1n) is 11.2. The highest BCUT2D eigenvalue weighted by molar-refractivity contribution is 7.99. The van der Waals surface area contributed by atoms with E-state index in [2.05, 4.69) is 12.1 Å². The van der Waals surface area contributed by atoms with E-state index in [1.165, 1.54) is 29.0 Å². The quantitative estimate of drug-likeness (QED) is 0.243. The Labute approximate surface area is 206 Å². The Morgan fingerprint density at radius 3 is 2.51 bits per heavy atom. The number of fused-ring (bicyclic) bond motifs is 2. The van der Waals surface area contributed by atoms with Crippen molar-refractivity contribution in [3.8, 4) is 5.69 Å². The Morgan fingerprint density at radius 1 is 1.00 bits per heavy atom. The number of thioether (sulfide) groups is 1. The van der Waals surface area contributed by atoms with Crippen molar-refractivity contribution in [3.05, 3.63) is 99.8 Å². The predicted molar refractivity (Wildman–Crippen MR) is 135 cm³/mol. The molecular weight excluding hydrogens is 462 g/mol. The summed E-state index contributed by atoms with van der Waals surface area (Å²) in [6.45, 7) is 1.24. The molecule has 1 aliphatic heterocycles. The number of amides is 1. The topological polar surface area (TPSA) is 81.5 Å². The number of hydrogen-bond donors (Lipinski definition) is 0. The van der Waals surface area contributed by atoms with Gasteiger partial charge in [0.15, 0.2) is 5.16 Å². The highest BCUT2D eigenvalue weighted by atomic mass is 32.2. The Morgan fingerprint density at radius 2 is 1.74 bits per heavy atom. The molecule has 0 saturated heterocycles. The molecule has 8 heteroatoms. The summed E-state index contributed by atoms with van der Waals surface area (Å²) in [5.74, 6) is -0.374. The molecule has 5 rings (SSSR count). The van der Waals surface area contributed by atoms with Gasteiger partial charge in [-0.25, -0.2) is 9.78 Å². The van der Waals surface area contributed by atoms with Gasteiger partial charge >= 0.3 is 5.97 Å². The lowest BCUT2D eigenvalue weighted by atomic mass is 10.00. The first-order chi connectivity index (χ1) is 17.0. The number of para-hydroxylation sites is 1. The highest BCUT2D eigenvalue weighted by Gasteiger charge is 2.22. The van der Waals surface area contributed by atoms with Gasteiger partial charge in [0.1, 0.15) is 0 Å². The number of methoxy groups -OCH3 is 1. The molecule has 2 heterocycles. The molecule has 35 heavy (non-hydrogen) atoms. The second-order valence-corrected chi connectivity index (χ2v) is 9.16. The molecule has 0 bridgehead atoms. The number of aromatic nitrogens is 2. The van der Waals surface area contributed by atoms with E-state index in [1.54, 1.807) is 18.2 Å². The molecule has 7 nitrogen and oxygen atoms in total. The van der Waals surface area contributed by atoms with Crippen LogP contribution in [-0.2, 0) is 22.5 Å². The van der Waals surface area contributed by atoms with Crippen molar-refractivity contribution in [2.45, 2.75) is 18.1 Å². The zero-order valence-electron chi connectivity index (χ0n) is 19.1. The standard InChI is InChI=1S/C27H23N3O4S/c1-34-26(33)19-11-12-22-23(15-19)28-27(30(25(22)32)21-9-3-2-4-10-21)35-17-24(31)29-14-13-18-7-5-6-8-20(18)16-29/h2-12,15H,13-14,16-17H2,1H3. The minimum absolute atomic E-state index is 0.0122. The lowest BCUT2D eigenvalue weighted by Crippen LogP contribution is -2.37. The van der Waals surface area contributed by atoms with Gasteiger partial charge in [0, 0.05) is 13.1 Å². The van der Waals surface area contributed by atoms with Crippen molar-refractivity contribution in [2.75, 3.05) is 19.4 Å². The molecule has 3 aromatic carbocycles. The van der Waals surface area contributed by atoms with E-state index in [0.717, 1.165) is 12.0 Å². The SMILES string of the molecule is COC(=O)c1ccc2c(=O)n(-c3ccccc3)c(SCC(=O)N3CCc4ccccc4C3)nc2c1. The lowest BCUT2D eigenvalue weighted by Gasteiger charge is -2.28. The van der Waals surface area contributed by atoms with Crippen molar-refractivity contribution in [3.63, 3.8) is 0 Å². The third kappa shape index (κ3) is 4.57. The molecule has 0 saturated carbocycles. The summed E-state index contributed by atoms with van der Waals surface area (Å²) in [4.78, 5) is 45.1. The van der Waals surface area contributed by atoms with Crippen molar-refractivity contribution in [1.82, 2.24) is 14.5 Å². The van der Waals surface area contributed by atoms with Crippen LogP contribution in [0.15, 0.2) is 82.7 Å². The molecule has 4 aromatic rings. The van der Waals surface area contributed by atoms with Gasteiger partial charge in [-0.3, -0.25) is 14.2 Å². The zero-order valence-corrected chi connectivity index (χ0v) is 20.0. The van der Waals surface area contributed by atoms with E-state index >= 15 is 0 Å². The maximum atomic E-state index is 13.5. The van der Waals surface area contributed by atoms with Gasteiger partial charge in [-0.05, 0) is 47.9 Å². The normalized spacial score (nSPS) is 12.9. The monoisotopic (exact) mass is 485 g/mol.